The molecule has 10 heteroatoms. The van der Waals surface area contributed by atoms with Gasteiger partial charge in [0.15, 0.2) is 0 Å². The first kappa shape index (κ1) is 23.7. The lowest BCUT2D eigenvalue weighted by atomic mass is 9.90. The van der Waals surface area contributed by atoms with Gasteiger partial charge in [-0.1, -0.05) is 6.07 Å². The number of imide groups is 1. The molecule has 37 heavy (non-hydrogen) atoms. The number of rotatable bonds is 5. The van der Waals surface area contributed by atoms with Gasteiger partial charge in [-0.25, -0.2) is 9.59 Å². The Morgan fingerprint density at radius 1 is 0.973 bits per heavy atom. The Morgan fingerprint density at radius 2 is 1.68 bits per heavy atom. The van der Waals surface area contributed by atoms with E-state index in [1.54, 1.807) is 18.2 Å². The second-order valence-electron chi connectivity index (χ2n) is 8.79. The largest absolute Gasteiger partial charge is 0.478 e. The predicted octanol–water partition coefficient (Wildman–Crippen LogP) is 3.67. The number of nitrogens with zero attached hydrogens (tertiary/aromatic N) is 2. The van der Waals surface area contributed by atoms with Crippen molar-refractivity contribution in [3.05, 3.63) is 71.1 Å². The van der Waals surface area contributed by atoms with Crippen LogP contribution in [0.5, 0.6) is 0 Å². The topological polar surface area (TPSA) is 141 Å². The summed E-state index contributed by atoms with van der Waals surface area (Å²) in [7, 11) is 3.77. The van der Waals surface area contributed by atoms with E-state index in [1.165, 1.54) is 12.1 Å². The fourth-order valence-corrected chi connectivity index (χ4v) is 4.31. The summed E-state index contributed by atoms with van der Waals surface area (Å²) in [6.07, 6.45) is -0.111. The van der Waals surface area contributed by atoms with Crippen molar-refractivity contribution in [2.24, 2.45) is 0 Å². The van der Waals surface area contributed by atoms with Crippen molar-refractivity contribution in [2.75, 3.05) is 19.0 Å². The van der Waals surface area contributed by atoms with Crippen LogP contribution in [-0.2, 0) is 14.4 Å². The third kappa shape index (κ3) is 4.18. The summed E-state index contributed by atoms with van der Waals surface area (Å²) in [5.41, 5.74) is 2.51. The normalized spacial score (nSPS) is 13.4. The van der Waals surface area contributed by atoms with Crippen LogP contribution in [0.4, 0.5) is 5.69 Å². The molecule has 2 N–H and O–H groups in total. The van der Waals surface area contributed by atoms with Gasteiger partial charge in [0.05, 0.1) is 16.5 Å². The van der Waals surface area contributed by atoms with Crippen molar-refractivity contribution in [1.29, 1.82) is 5.41 Å². The van der Waals surface area contributed by atoms with E-state index in [2.05, 4.69) is 0 Å². The molecule has 10 nitrogen and oxygen atoms in total. The minimum Gasteiger partial charge on any atom is -0.478 e. The predicted molar refractivity (Wildman–Crippen MR) is 132 cm³/mol. The van der Waals surface area contributed by atoms with E-state index in [4.69, 9.17) is 14.7 Å². The molecule has 0 saturated carbocycles. The molecule has 2 amide bonds. The molecule has 2 heterocycles. The van der Waals surface area contributed by atoms with Crippen molar-refractivity contribution >= 4 is 40.4 Å². The van der Waals surface area contributed by atoms with Gasteiger partial charge in [0.1, 0.15) is 11.3 Å². The SMILES string of the molecule is CN(C)c1ccc2c(-c3ccc(C(=O)ON4C(=O)CCC4=O)cc3C(=O)O)c3ccc(=N)cc-3oc2c1. The van der Waals surface area contributed by atoms with E-state index in [0.717, 1.165) is 11.8 Å². The Kier molecular flexibility index (Phi) is 5.71. The highest BCUT2D eigenvalue weighted by Gasteiger charge is 2.33. The molecule has 2 aromatic rings. The highest BCUT2D eigenvalue weighted by atomic mass is 16.7. The van der Waals surface area contributed by atoms with Crippen LogP contribution in [0.3, 0.4) is 0 Å². The highest BCUT2D eigenvalue weighted by Crippen LogP contribution is 2.42. The number of hydroxylamine groups is 2. The number of benzene rings is 3. The van der Waals surface area contributed by atoms with Crippen molar-refractivity contribution in [3.63, 3.8) is 0 Å². The average Bonchev–Trinajstić information content (AvgIpc) is 3.18. The molecule has 5 rings (SSSR count). The maximum Gasteiger partial charge on any atom is 0.363 e. The van der Waals surface area contributed by atoms with Crippen LogP contribution >= 0.6 is 0 Å². The van der Waals surface area contributed by atoms with E-state index in [9.17, 15) is 24.3 Å². The lowest BCUT2D eigenvalue weighted by Crippen LogP contribution is -2.32. The number of carbonyl (C=O) groups is 4. The Hall–Kier alpha value is -4.99. The molecule has 0 spiro atoms. The van der Waals surface area contributed by atoms with Crippen LogP contribution in [0.1, 0.15) is 33.6 Å². The summed E-state index contributed by atoms with van der Waals surface area (Å²) in [5.74, 6) is -3.18. The summed E-state index contributed by atoms with van der Waals surface area (Å²) < 4.78 is 6.10. The second kappa shape index (κ2) is 8.90. The van der Waals surface area contributed by atoms with Gasteiger partial charge in [-0.2, -0.15) is 0 Å². The van der Waals surface area contributed by atoms with Gasteiger partial charge in [0.25, 0.3) is 11.8 Å². The number of nitrogens with one attached hydrogen (secondary N) is 1. The number of hydrogen-bond donors (Lipinski definition) is 2. The number of amides is 2. The maximum absolute atomic E-state index is 12.7. The molecule has 0 radical (unpaired) electrons. The fourth-order valence-electron chi connectivity index (χ4n) is 4.31. The number of carboxylic acid groups (broad SMARTS) is 1. The number of aromatic carboxylic acids is 1. The lowest BCUT2D eigenvalue weighted by Gasteiger charge is -2.19. The van der Waals surface area contributed by atoms with Gasteiger partial charge in [-0.3, -0.25) is 9.59 Å². The van der Waals surface area contributed by atoms with Gasteiger partial charge in [0.2, 0.25) is 0 Å². The molecule has 186 valence electrons. The van der Waals surface area contributed by atoms with E-state index >= 15 is 0 Å². The summed E-state index contributed by atoms with van der Waals surface area (Å²) in [4.78, 5) is 55.5. The summed E-state index contributed by atoms with van der Waals surface area (Å²) in [6, 6.07) is 14.4. The summed E-state index contributed by atoms with van der Waals surface area (Å²) >= 11 is 0. The minimum absolute atomic E-state index is 0.0554. The zero-order chi connectivity index (χ0) is 26.4. The van der Waals surface area contributed by atoms with E-state index in [-0.39, 0.29) is 29.3 Å². The van der Waals surface area contributed by atoms with Crippen molar-refractivity contribution in [3.8, 4) is 22.5 Å². The Labute approximate surface area is 210 Å². The Bertz CT molecular complexity index is 1640. The van der Waals surface area contributed by atoms with E-state index in [0.29, 0.717) is 38.5 Å². The summed E-state index contributed by atoms with van der Waals surface area (Å²) in [6.45, 7) is 0. The minimum atomic E-state index is -1.29. The van der Waals surface area contributed by atoms with Crippen molar-refractivity contribution < 1.29 is 33.5 Å². The quantitative estimate of drug-likeness (QED) is 0.313. The molecule has 1 fully saturated rings. The van der Waals surface area contributed by atoms with Crippen LogP contribution in [-0.4, -0.2) is 48.0 Å². The van der Waals surface area contributed by atoms with Gasteiger partial charge in [0, 0.05) is 61.3 Å². The number of carbonyl (C=O) groups excluding carboxylic acids is 3. The monoisotopic (exact) mass is 499 g/mol. The Morgan fingerprint density at radius 3 is 2.35 bits per heavy atom. The molecule has 2 aromatic carbocycles. The molecule has 0 bridgehead atoms. The molecule has 0 unspecified atom stereocenters. The Balaban J connectivity index is 1.69. The molecule has 0 aromatic heterocycles. The average molecular weight is 499 g/mol. The van der Waals surface area contributed by atoms with Crippen molar-refractivity contribution in [2.45, 2.75) is 12.8 Å². The maximum atomic E-state index is 12.7. The molecule has 1 saturated heterocycles. The van der Waals surface area contributed by atoms with Crippen LogP contribution in [0.25, 0.3) is 33.4 Å². The van der Waals surface area contributed by atoms with Crippen LogP contribution < -0.4 is 10.3 Å². The van der Waals surface area contributed by atoms with E-state index in [1.807, 2.05) is 37.2 Å². The number of anilines is 1. The summed E-state index contributed by atoms with van der Waals surface area (Å²) in [5, 5.41) is 19.4. The first-order valence-electron chi connectivity index (χ1n) is 11.3. The highest BCUT2D eigenvalue weighted by molar-refractivity contribution is 6.09. The number of hydrogen-bond acceptors (Lipinski definition) is 8. The number of fused-ring (bicyclic) bond motifs is 2. The molecule has 1 aliphatic carbocycles. The van der Waals surface area contributed by atoms with Crippen LogP contribution in [0.2, 0.25) is 0 Å². The smallest absolute Gasteiger partial charge is 0.363 e. The van der Waals surface area contributed by atoms with Crippen molar-refractivity contribution in [1.82, 2.24) is 5.06 Å². The number of carboxylic acids is 1. The molecular formula is C27H21N3O7. The van der Waals surface area contributed by atoms with Crippen LogP contribution in [0, 0.1) is 5.41 Å². The molecule has 2 aliphatic heterocycles. The first-order valence-corrected chi connectivity index (χ1v) is 11.3. The van der Waals surface area contributed by atoms with Crippen LogP contribution in [0.15, 0.2) is 59.0 Å². The lowest BCUT2D eigenvalue weighted by molar-refractivity contribution is -0.172. The molecule has 0 atom stereocenters. The zero-order valence-corrected chi connectivity index (χ0v) is 19.9. The fraction of sp³-hybridized carbons (Fsp3) is 0.148. The van der Waals surface area contributed by atoms with Gasteiger partial charge < -0.3 is 24.7 Å². The third-order valence-electron chi connectivity index (χ3n) is 6.16. The van der Waals surface area contributed by atoms with Gasteiger partial charge in [-0.05, 0) is 42.0 Å². The molecule has 3 aliphatic rings. The van der Waals surface area contributed by atoms with E-state index < -0.39 is 23.8 Å². The standard InChI is InChI=1S/C27H21N3O7/c1-29(2)16-5-8-19-22(13-16)36-21-12-15(28)4-7-18(21)25(19)17-6-3-14(11-20(17)26(33)34)27(35)37-30-23(31)9-10-24(30)32/h3-8,11-13,28H,9-10H2,1-2H3,(H,33,34). The van der Waals surface area contributed by atoms with Gasteiger partial charge >= 0.3 is 11.9 Å². The third-order valence-corrected chi connectivity index (χ3v) is 6.16. The van der Waals surface area contributed by atoms with Gasteiger partial charge in [-0.15, -0.1) is 5.06 Å². The second-order valence-corrected chi connectivity index (χ2v) is 8.79. The zero-order valence-electron chi connectivity index (χ0n) is 19.9. The first-order chi connectivity index (χ1) is 17.6. The molecular weight excluding hydrogens is 478 g/mol.